The Morgan fingerprint density at radius 3 is 0.878 bits per heavy atom. The SMILES string of the molecule is CC/C=C\C/C=C\C/C=C\C/C=C\C/C=C\C/C=C\CCCCCCCCC(=O)OCC(COC(=O)CCCCCCCCCCCCCC)OC(=O)CC/C=C\C/C=C\C/C=C\C/C=C\C/C=C\C/C=C\CC. The van der Waals surface area contributed by atoms with E-state index in [1.165, 1.54) is 70.6 Å². The van der Waals surface area contributed by atoms with Crippen LogP contribution in [-0.4, -0.2) is 37.2 Å². The Bertz CT molecular complexity index is 1640. The fraction of sp³-hybridized carbons (Fsp3) is 0.603. The van der Waals surface area contributed by atoms with Crippen LogP contribution in [0.1, 0.15) is 245 Å². The van der Waals surface area contributed by atoms with E-state index in [-0.39, 0.29) is 31.6 Å². The van der Waals surface area contributed by atoms with Gasteiger partial charge in [0.05, 0.1) is 0 Å². The highest BCUT2D eigenvalue weighted by Gasteiger charge is 2.19. The summed E-state index contributed by atoms with van der Waals surface area (Å²) in [4.78, 5) is 38.2. The number of esters is 3. The Kier molecular flexibility index (Phi) is 57.0. The van der Waals surface area contributed by atoms with Gasteiger partial charge >= 0.3 is 17.9 Å². The summed E-state index contributed by atoms with van der Waals surface area (Å²) in [6.45, 7) is 6.33. The first-order chi connectivity index (χ1) is 36.5. The summed E-state index contributed by atoms with van der Waals surface area (Å²) in [6, 6.07) is 0. The van der Waals surface area contributed by atoms with Crippen LogP contribution in [0.25, 0.3) is 0 Å². The van der Waals surface area contributed by atoms with Gasteiger partial charge in [0.1, 0.15) is 13.2 Å². The summed E-state index contributed by atoms with van der Waals surface area (Å²) in [5.74, 6) is -1.02. The van der Waals surface area contributed by atoms with Gasteiger partial charge in [-0.25, -0.2) is 0 Å². The van der Waals surface area contributed by atoms with E-state index < -0.39 is 12.1 Å². The zero-order valence-corrected chi connectivity index (χ0v) is 47.5. The molecule has 6 nitrogen and oxygen atoms in total. The quantitative estimate of drug-likeness (QED) is 0.0261. The summed E-state index contributed by atoms with van der Waals surface area (Å²) < 4.78 is 16.8. The Labute approximate surface area is 455 Å². The fourth-order valence-electron chi connectivity index (χ4n) is 7.71. The highest BCUT2D eigenvalue weighted by atomic mass is 16.6. The third kappa shape index (κ3) is 58.2. The summed E-state index contributed by atoms with van der Waals surface area (Å²) in [6.07, 6.45) is 87.1. The van der Waals surface area contributed by atoms with Crippen LogP contribution in [0.2, 0.25) is 0 Å². The lowest BCUT2D eigenvalue weighted by molar-refractivity contribution is -0.166. The van der Waals surface area contributed by atoms with E-state index in [2.05, 4.69) is 154 Å². The molecule has 0 aromatic heterocycles. The zero-order chi connectivity index (χ0) is 53.6. The number of carbonyl (C=O) groups is 3. The summed E-state index contributed by atoms with van der Waals surface area (Å²) in [7, 11) is 0. The number of carbonyl (C=O) groups excluding carboxylic acids is 3. The Morgan fingerprint density at radius 2 is 0.554 bits per heavy atom. The van der Waals surface area contributed by atoms with Crippen molar-refractivity contribution in [2.24, 2.45) is 0 Å². The predicted octanol–water partition coefficient (Wildman–Crippen LogP) is 20.4. The first kappa shape index (κ1) is 69.3. The van der Waals surface area contributed by atoms with Crippen LogP contribution in [0.5, 0.6) is 0 Å². The van der Waals surface area contributed by atoms with Crippen molar-refractivity contribution in [2.45, 2.75) is 252 Å². The molecule has 0 amide bonds. The maximum absolute atomic E-state index is 12.8. The van der Waals surface area contributed by atoms with Gasteiger partial charge in [-0.15, -0.1) is 0 Å². The van der Waals surface area contributed by atoms with Crippen LogP contribution in [0.15, 0.2) is 146 Å². The van der Waals surface area contributed by atoms with E-state index in [1.807, 2.05) is 12.2 Å². The molecule has 0 aliphatic carbocycles. The molecule has 0 heterocycles. The van der Waals surface area contributed by atoms with Gasteiger partial charge in [0.15, 0.2) is 6.10 Å². The van der Waals surface area contributed by atoms with Gasteiger partial charge in [0, 0.05) is 19.3 Å². The van der Waals surface area contributed by atoms with Crippen molar-refractivity contribution >= 4 is 17.9 Å². The largest absolute Gasteiger partial charge is 0.462 e. The molecular weight excluding hydrogens is 913 g/mol. The zero-order valence-electron chi connectivity index (χ0n) is 47.5. The first-order valence-corrected chi connectivity index (χ1v) is 29.8. The fourth-order valence-corrected chi connectivity index (χ4v) is 7.71. The monoisotopic (exact) mass is 1020 g/mol. The molecule has 0 fully saturated rings. The van der Waals surface area contributed by atoms with Crippen LogP contribution < -0.4 is 0 Å². The highest BCUT2D eigenvalue weighted by Crippen LogP contribution is 2.14. The second kappa shape index (κ2) is 60.8. The van der Waals surface area contributed by atoms with E-state index in [4.69, 9.17) is 14.2 Å². The molecular formula is C68H108O6. The van der Waals surface area contributed by atoms with E-state index in [0.29, 0.717) is 19.3 Å². The van der Waals surface area contributed by atoms with E-state index in [9.17, 15) is 14.4 Å². The third-order valence-electron chi connectivity index (χ3n) is 12.1. The molecule has 0 spiro atoms. The lowest BCUT2D eigenvalue weighted by Gasteiger charge is -2.18. The minimum absolute atomic E-state index is 0.116. The molecule has 1 unspecified atom stereocenters. The van der Waals surface area contributed by atoms with Crippen LogP contribution in [-0.2, 0) is 28.6 Å². The molecule has 0 bridgehead atoms. The van der Waals surface area contributed by atoms with Crippen molar-refractivity contribution < 1.29 is 28.6 Å². The molecule has 0 radical (unpaired) electrons. The molecule has 416 valence electrons. The lowest BCUT2D eigenvalue weighted by Crippen LogP contribution is -2.30. The van der Waals surface area contributed by atoms with Crippen molar-refractivity contribution in [3.8, 4) is 0 Å². The van der Waals surface area contributed by atoms with Gasteiger partial charge in [-0.3, -0.25) is 14.4 Å². The third-order valence-corrected chi connectivity index (χ3v) is 12.1. The van der Waals surface area contributed by atoms with Crippen molar-refractivity contribution in [1.29, 1.82) is 0 Å². The minimum Gasteiger partial charge on any atom is -0.462 e. The average molecular weight is 1020 g/mol. The molecule has 0 rings (SSSR count). The first-order valence-electron chi connectivity index (χ1n) is 29.8. The van der Waals surface area contributed by atoms with Crippen molar-refractivity contribution in [3.05, 3.63) is 146 Å². The molecule has 1 atom stereocenters. The van der Waals surface area contributed by atoms with Gasteiger partial charge in [0.2, 0.25) is 0 Å². The molecule has 74 heavy (non-hydrogen) atoms. The maximum Gasteiger partial charge on any atom is 0.306 e. The number of rotatable bonds is 52. The predicted molar refractivity (Wildman–Crippen MR) is 320 cm³/mol. The molecule has 0 aliphatic heterocycles. The van der Waals surface area contributed by atoms with Gasteiger partial charge in [-0.2, -0.15) is 0 Å². The molecule has 0 N–H and O–H groups in total. The second-order valence-electron chi connectivity index (χ2n) is 19.1. The lowest BCUT2D eigenvalue weighted by atomic mass is 10.0. The Morgan fingerprint density at radius 1 is 0.284 bits per heavy atom. The van der Waals surface area contributed by atoms with E-state index in [1.54, 1.807) is 0 Å². The minimum atomic E-state index is -0.830. The van der Waals surface area contributed by atoms with Crippen molar-refractivity contribution in [1.82, 2.24) is 0 Å². The Balaban J connectivity index is 4.48. The van der Waals surface area contributed by atoms with Crippen LogP contribution in [0.4, 0.5) is 0 Å². The number of allylic oxidation sites excluding steroid dienone is 24. The highest BCUT2D eigenvalue weighted by molar-refractivity contribution is 5.71. The van der Waals surface area contributed by atoms with E-state index in [0.717, 1.165) is 128 Å². The molecule has 0 aromatic rings. The molecule has 0 saturated heterocycles. The number of unbranched alkanes of at least 4 members (excludes halogenated alkanes) is 17. The summed E-state index contributed by atoms with van der Waals surface area (Å²) in [5.41, 5.74) is 0. The molecule has 0 saturated carbocycles. The smallest absolute Gasteiger partial charge is 0.306 e. The summed E-state index contributed by atoms with van der Waals surface area (Å²) >= 11 is 0. The van der Waals surface area contributed by atoms with Crippen molar-refractivity contribution in [3.63, 3.8) is 0 Å². The van der Waals surface area contributed by atoms with Gasteiger partial charge in [0.25, 0.3) is 0 Å². The second-order valence-corrected chi connectivity index (χ2v) is 19.1. The van der Waals surface area contributed by atoms with Crippen LogP contribution in [0.3, 0.4) is 0 Å². The number of hydrogen-bond acceptors (Lipinski definition) is 6. The van der Waals surface area contributed by atoms with Crippen LogP contribution in [0, 0.1) is 0 Å². The number of ether oxygens (including phenoxy) is 3. The van der Waals surface area contributed by atoms with Gasteiger partial charge in [-0.05, 0) is 109 Å². The normalized spacial score (nSPS) is 13.2. The van der Waals surface area contributed by atoms with Gasteiger partial charge < -0.3 is 14.2 Å². The molecule has 6 heteroatoms. The standard InChI is InChI=1S/C68H108O6/c1-4-7-10-13-16-19-22-25-27-29-31-32-33-34-35-36-38-39-41-43-46-49-52-55-58-61-67(70)73-64-65(63-72-66(69)60-57-54-51-48-45-24-21-18-15-12-9-6-3)74-68(71)62-59-56-53-50-47-44-42-40-37-30-28-26-23-20-17-14-11-8-5-2/h7-8,10-11,16-17,19-20,25-28,31-32,34-35,37-40,44,47,53,56,65H,4-6,9,12-15,18,21-24,29-30,33,36,41-43,45-46,48-52,54-55,57-64H2,1-3H3/b10-7-,11-8-,19-16-,20-17-,27-25-,28-26-,32-31-,35-34-,39-38-,40-37-,47-44-,56-53-. The molecule has 0 aliphatic rings. The van der Waals surface area contributed by atoms with E-state index >= 15 is 0 Å². The average Bonchev–Trinajstić information content (AvgIpc) is 3.40. The number of hydrogen-bond donors (Lipinski definition) is 0. The topological polar surface area (TPSA) is 78.9 Å². The summed E-state index contributed by atoms with van der Waals surface area (Å²) in [5, 5.41) is 0. The van der Waals surface area contributed by atoms with Crippen LogP contribution >= 0.6 is 0 Å². The maximum atomic E-state index is 12.8. The molecule has 0 aromatic carbocycles. The Hall–Kier alpha value is -4.71. The van der Waals surface area contributed by atoms with Crippen molar-refractivity contribution in [2.75, 3.05) is 13.2 Å². The van der Waals surface area contributed by atoms with Gasteiger partial charge in [-0.1, -0.05) is 263 Å².